The van der Waals surface area contributed by atoms with E-state index in [1.165, 1.54) is 5.56 Å². The zero-order valence-electron chi connectivity index (χ0n) is 15.7. The lowest BCUT2D eigenvalue weighted by molar-refractivity contribution is 0.0936. The average Bonchev–Trinajstić information content (AvgIpc) is 3.24. The van der Waals surface area contributed by atoms with Gasteiger partial charge in [0.1, 0.15) is 5.75 Å². The molecule has 1 aromatic carbocycles. The number of rotatable bonds is 4. The van der Waals surface area contributed by atoms with Gasteiger partial charge in [-0.25, -0.2) is 9.67 Å². The highest BCUT2D eigenvalue weighted by Gasteiger charge is 2.26. The van der Waals surface area contributed by atoms with Gasteiger partial charge in [-0.15, -0.1) is 0 Å². The fraction of sp³-hybridized carbons (Fsp3) is 0.286. The number of fused-ring (bicyclic) bond motifs is 1. The van der Waals surface area contributed by atoms with Crippen LogP contribution >= 0.6 is 0 Å². The smallest absolute Gasteiger partial charge is 0.253 e. The van der Waals surface area contributed by atoms with Crippen LogP contribution in [0.5, 0.6) is 5.75 Å². The summed E-state index contributed by atoms with van der Waals surface area (Å²) in [5, 5.41) is 7.54. The normalized spacial score (nSPS) is 15.4. The van der Waals surface area contributed by atoms with Crippen molar-refractivity contribution in [3.05, 3.63) is 70.7 Å². The van der Waals surface area contributed by atoms with Crippen LogP contribution < -0.4 is 10.1 Å². The van der Waals surface area contributed by atoms with Gasteiger partial charge in [0.05, 0.1) is 24.4 Å². The van der Waals surface area contributed by atoms with Gasteiger partial charge in [0.25, 0.3) is 5.91 Å². The van der Waals surface area contributed by atoms with E-state index in [1.807, 2.05) is 38.1 Å². The van der Waals surface area contributed by atoms with Gasteiger partial charge < -0.3 is 10.1 Å². The number of carbonyl (C=O) groups excluding carboxylic acids is 1. The summed E-state index contributed by atoms with van der Waals surface area (Å²) in [5.74, 6) is 1.47. The highest BCUT2D eigenvalue weighted by atomic mass is 16.5. The molecule has 2 aromatic heterocycles. The number of nitrogens with one attached hydrogen (secondary N) is 1. The molecule has 0 saturated heterocycles. The Labute approximate surface area is 158 Å². The highest BCUT2D eigenvalue weighted by Crippen LogP contribution is 2.36. The van der Waals surface area contributed by atoms with E-state index in [1.54, 1.807) is 24.1 Å². The topological polar surface area (TPSA) is 69.0 Å². The number of nitrogens with zero attached hydrogens (tertiary/aromatic N) is 3. The van der Waals surface area contributed by atoms with E-state index in [2.05, 4.69) is 21.5 Å². The molecule has 1 aliphatic rings. The average molecular weight is 362 g/mol. The molecule has 27 heavy (non-hydrogen) atoms. The van der Waals surface area contributed by atoms with E-state index in [4.69, 9.17) is 4.74 Å². The molecule has 6 nitrogen and oxygen atoms in total. The van der Waals surface area contributed by atoms with Crippen LogP contribution in [0.3, 0.4) is 0 Å². The van der Waals surface area contributed by atoms with Crippen molar-refractivity contribution in [1.82, 2.24) is 20.1 Å². The van der Waals surface area contributed by atoms with Gasteiger partial charge in [0, 0.05) is 11.9 Å². The molecular weight excluding hydrogens is 340 g/mol. The molecule has 6 heteroatoms. The van der Waals surface area contributed by atoms with E-state index in [9.17, 15) is 4.79 Å². The summed E-state index contributed by atoms with van der Waals surface area (Å²) in [7, 11) is 1.68. The number of aromatic nitrogens is 3. The van der Waals surface area contributed by atoms with Crippen LogP contribution in [0.1, 0.15) is 45.3 Å². The quantitative estimate of drug-likeness (QED) is 0.773. The number of ether oxygens (including phenoxy) is 1. The monoisotopic (exact) mass is 362 g/mol. The van der Waals surface area contributed by atoms with Crippen molar-refractivity contribution in [3.63, 3.8) is 0 Å². The molecule has 1 unspecified atom stereocenters. The Morgan fingerprint density at radius 3 is 2.78 bits per heavy atom. The summed E-state index contributed by atoms with van der Waals surface area (Å²) < 4.78 is 7.20. The summed E-state index contributed by atoms with van der Waals surface area (Å²) in [6.07, 6.45) is 3.38. The Morgan fingerprint density at radius 1 is 1.26 bits per heavy atom. The number of hydrogen-bond donors (Lipinski definition) is 1. The molecule has 3 aromatic rings. The largest absolute Gasteiger partial charge is 0.496 e. The first kappa shape index (κ1) is 17.3. The van der Waals surface area contributed by atoms with Crippen molar-refractivity contribution >= 4 is 5.91 Å². The highest BCUT2D eigenvalue weighted by molar-refractivity contribution is 5.94. The van der Waals surface area contributed by atoms with Crippen molar-refractivity contribution in [1.29, 1.82) is 0 Å². The second-order valence-corrected chi connectivity index (χ2v) is 6.84. The first-order valence-electron chi connectivity index (χ1n) is 9.03. The molecule has 0 saturated carbocycles. The fourth-order valence-electron chi connectivity index (χ4n) is 3.71. The maximum absolute atomic E-state index is 12.7. The minimum atomic E-state index is -0.122. The van der Waals surface area contributed by atoms with Crippen LogP contribution in [0.4, 0.5) is 0 Å². The van der Waals surface area contributed by atoms with Gasteiger partial charge in [-0.05, 0) is 62.1 Å². The van der Waals surface area contributed by atoms with E-state index < -0.39 is 0 Å². The standard InChI is InChI=1S/C21H22N4O2/c1-13-11-14(2)25(24-13)20-10-7-15(12-22-20)21(26)23-18-9-8-17-16(18)5-4-6-19(17)27-3/h4-7,10-12,18H,8-9H2,1-3H3,(H,23,26). The third kappa shape index (κ3) is 3.18. The van der Waals surface area contributed by atoms with E-state index >= 15 is 0 Å². The van der Waals surface area contributed by atoms with E-state index in [0.29, 0.717) is 11.4 Å². The molecule has 138 valence electrons. The van der Waals surface area contributed by atoms with Gasteiger partial charge in [0.2, 0.25) is 0 Å². The SMILES string of the molecule is COc1cccc2c1CCC2NC(=O)c1ccc(-n2nc(C)cc2C)nc1. The first-order valence-corrected chi connectivity index (χ1v) is 9.03. The number of carbonyl (C=O) groups is 1. The van der Waals surface area contributed by atoms with Crippen LogP contribution in [-0.4, -0.2) is 27.8 Å². The number of hydrogen-bond acceptors (Lipinski definition) is 4. The Balaban J connectivity index is 1.51. The molecule has 0 fully saturated rings. The minimum Gasteiger partial charge on any atom is -0.496 e. The summed E-state index contributed by atoms with van der Waals surface area (Å²) in [5.41, 5.74) is 4.80. The minimum absolute atomic E-state index is 0.00159. The number of amides is 1. The van der Waals surface area contributed by atoms with E-state index in [-0.39, 0.29) is 11.9 Å². The van der Waals surface area contributed by atoms with Crippen LogP contribution in [0.2, 0.25) is 0 Å². The van der Waals surface area contributed by atoms with Crippen LogP contribution in [0, 0.1) is 13.8 Å². The number of pyridine rings is 1. The second-order valence-electron chi connectivity index (χ2n) is 6.84. The summed E-state index contributed by atoms with van der Waals surface area (Å²) >= 11 is 0. The third-order valence-corrected chi connectivity index (χ3v) is 4.99. The molecule has 0 bridgehead atoms. The molecule has 1 amide bonds. The molecule has 2 heterocycles. The molecule has 4 rings (SSSR count). The fourth-order valence-corrected chi connectivity index (χ4v) is 3.71. The van der Waals surface area contributed by atoms with Crippen LogP contribution in [-0.2, 0) is 6.42 Å². The zero-order valence-corrected chi connectivity index (χ0v) is 15.7. The maximum atomic E-state index is 12.7. The van der Waals surface area contributed by atoms with Crippen molar-refractivity contribution < 1.29 is 9.53 Å². The van der Waals surface area contributed by atoms with Crippen molar-refractivity contribution in [2.75, 3.05) is 7.11 Å². The summed E-state index contributed by atoms with van der Waals surface area (Å²) in [6.45, 7) is 3.92. The van der Waals surface area contributed by atoms with Crippen molar-refractivity contribution in [2.45, 2.75) is 32.7 Å². The molecule has 0 aliphatic heterocycles. The van der Waals surface area contributed by atoms with Gasteiger partial charge in [0.15, 0.2) is 5.82 Å². The zero-order chi connectivity index (χ0) is 19.0. The Bertz CT molecular complexity index is 992. The molecule has 1 N–H and O–H groups in total. The molecule has 1 atom stereocenters. The van der Waals surface area contributed by atoms with Crippen LogP contribution in [0.15, 0.2) is 42.6 Å². The molecule has 1 aliphatic carbocycles. The van der Waals surface area contributed by atoms with Gasteiger partial charge in [-0.2, -0.15) is 5.10 Å². The van der Waals surface area contributed by atoms with Gasteiger partial charge >= 0.3 is 0 Å². The lowest BCUT2D eigenvalue weighted by Gasteiger charge is -2.15. The maximum Gasteiger partial charge on any atom is 0.253 e. The van der Waals surface area contributed by atoms with E-state index in [0.717, 1.165) is 35.5 Å². The van der Waals surface area contributed by atoms with Gasteiger partial charge in [-0.1, -0.05) is 12.1 Å². The lowest BCUT2D eigenvalue weighted by Crippen LogP contribution is -2.27. The number of methoxy groups -OCH3 is 1. The van der Waals surface area contributed by atoms with Crippen LogP contribution in [0.25, 0.3) is 5.82 Å². The molecule has 0 spiro atoms. The summed E-state index contributed by atoms with van der Waals surface area (Å²) in [4.78, 5) is 17.1. The summed E-state index contributed by atoms with van der Waals surface area (Å²) in [6, 6.07) is 11.6. The number of benzene rings is 1. The van der Waals surface area contributed by atoms with Crippen molar-refractivity contribution in [2.24, 2.45) is 0 Å². The predicted molar refractivity (Wildman–Crippen MR) is 102 cm³/mol. The lowest BCUT2D eigenvalue weighted by atomic mass is 10.1. The molecule has 0 radical (unpaired) electrons. The predicted octanol–water partition coefficient (Wildman–Crippen LogP) is 3.31. The number of aryl methyl sites for hydroxylation is 2. The Kier molecular flexibility index (Phi) is 4.39. The second kappa shape index (κ2) is 6.87. The molecular formula is C21H22N4O2. The Morgan fingerprint density at radius 2 is 2.11 bits per heavy atom. The third-order valence-electron chi connectivity index (χ3n) is 4.99. The first-order chi connectivity index (χ1) is 13.1. The Hall–Kier alpha value is -3.15. The van der Waals surface area contributed by atoms with Gasteiger partial charge in [-0.3, -0.25) is 4.79 Å². The van der Waals surface area contributed by atoms with Crippen molar-refractivity contribution in [3.8, 4) is 11.6 Å².